The number of alkyl halides is 3. The molecule has 1 N–H and O–H groups in total. The van der Waals surface area contributed by atoms with E-state index in [0.29, 0.717) is 13.1 Å². The Balaban J connectivity index is 2.49. The largest absolute Gasteiger partial charge is 0.391 e. The Morgan fingerprint density at radius 2 is 1.62 bits per heavy atom. The Labute approximate surface area is 127 Å². The first-order valence-electron chi connectivity index (χ1n) is 8.36. The number of rotatable bonds is 8. The summed E-state index contributed by atoms with van der Waals surface area (Å²) < 4.78 is 38.1. The van der Waals surface area contributed by atoms with E-state index in [-0.39, 0.29) is 18.3 Å². The van der Waals surface area contributed by atoms with Crippen molar-refractivity contribution in [2.24, 2.45) is 11.3 Å². The van der Waals surface area contributed by atoms with Crippen LogP contribution in [0.1, 0.15) is 52.9 Å². The van der Waals surface area contributed by atoms with E-state index < -0.39 is 12.1 Å². The Kier molecular flexibility index (Phi) is 7.48. The lowest BCUT2D eigenvalue weighted by Crippen LogP contribution is -2.47. The van der Waals surface area contributed by atoms with E-state index in [0.717, 1.165) is 38.9 Å². The van der Waals surface area contributed by atoms with E-state index in [1.54, 1.807) is 0 Å². The molecular formula is C16H31F3N2. The lowest BCUT2D eigenvalue weighted by molar-refractivity contribution is -0.185. The van der Waals surface area contributed by atoms with Crippen LogP contribution >= 0.6 is 0 Å². The van der Waals surface area contributed by atoms with Crippen LogP contribution in [0.15, 0.2) is 0 Å². The van der Waals surface area contributed by atoms with Crippen molar-refractivity contribution in [2.45, 2.75) is 59.1 Å². The first kappa shape index (κ1) is 18.8. The molecule has 21 heavy (non-hydrogen) atoms. The predicted molar refractivity (Wildman–Crippen MR) is 81.4 cm³/mol. The van der Waals surface area contributed by atoms with Crippen LogP contribution < -0.4 is 5.32 Å². The van der Waals surface area contributed by atoms with Gasteiger partial charge in [-0.3, -0.25) is 0 Å². The molecule has 126 valence electrons. The molecular weight excluding hydrogens is 277 g/mol. The minimum Gasteiger partial charge on any atom is -0.316 e. The van der Waals surface area contributed by atoms with E-state index in [9.17, 15) is 13.2 Å². The van der Waals surface area contributed by atoms with Crippen molar-refractivity contribution in [1.29, 1.82) is 0 Å². The first-order chi connectivity index (χ1) is 9.87. The Hall–Kier alpha value is -0.290. The Morgan fingerprint density at radius 1 is 1.05 bits per heavy atom. The lowest BCUT2D eigenvalue weighted by atomic mass is 9.80. The maximum absolute atomic E-state index is 12.7. The van der Waals surface area contributed by atoms with Crippen molar-refractivity contribution >= 4 is 0 Å². The van der Waals surface area contributed by atoms with E-state index in [4.69, 9.17) is 0 Å². The summed E-state index contributed by atoms with van der Waals surface area (Å²) in [6.45, 7) is 10.6. The van der Waals surface area contributed by atoms with Crippen LogP contribution in [0.2, 0.25) is 0 Å². The number of nitrogens with zero attached hydrogens (tertiary/aromatic N) is 1. The van der Waals surface area contributed by atoms with Gasteiger partial charge in [-0.2, -0.15) is 13.2 Å². The predicted octanol–water partition coefficient (Wildman–Crippen LogP) is 4.07. The summed E-state index contributed by atoms with van der Waals surface area (Å²) in [5, 5.41) is 3.49. The van der Waals surface area contributed by atoms with Crippen molar-refractivity contribution < 1.29 is 13.2 Å². The van der Waals surface area contributed by atoms with Crippen LogP contribution in [0, 0.1) is 11.3 Å². The Bertz CT molecular complexity index is 280. The molecule has 0 unspecified atom stereocenters. The summed E-state index contributed by atoms with van der Waals surface area (Å²) in [7, 11) is 0. The topological polar surface area (TPSA) is 15.3 Å². The van der Waals surface area contributed by atoms with E-state index in [1.165, 1.54) is 0 Å². The van der Waals surface area contributed by atoms with Crippen molar-refractivity contribution in [1.82, 2.24) is 10.2 Å². The molecule has 0 bridgehead atoms. The van der Waals surface area contributed by atoms with Crippen LogP contribution in [0.4, 0.5) is 13.2 Å². The molecule has 1 rings (SSSR count). The van der Waals surface area contributed by atoms with Gasteiger partial charge in [-0.15, -0.1) is 0 Å². The molecule has 0 spiro atoms. The zero-order valence-electron chi connectivity index (χ0n) is 13.7. The van der Waals surface area contributed by atoms with E-state index in [2.05, 4.69) is 31.0 Å². The highest BCUT2D eigenvalue weighted by molar-refractivity contribution is 4.86. The molecule has 0 radical (unpaired) electrons. The fourth-order valence-corrected chi connectivity index (χ4v) is 3.20. The zero-order valence-corrected chi connectivity index (χ0v) is 13.7. The summed E-state index contributed by atoms with van der Waals surface area (Å²) >= 11 is 0. The van der Waals surface area contributed by atoms with Crippen molar-refractivity contribution in [3.63, 3.8) is 0 Å². The van der Waals surface area contributed by atoms with Crippen molar-refractivity contribution in [3.05, 3.63) is 0 Å². The quantitative estimate of drug-likeness (QED) is 0.680. The maximum Gasteiger partial charge on any atom is 0.391 e. The molecule has 1 fully saturated rings. The van der Waals surface area contributed by atoms with Gasteiger partial charge in [0, 0.05) is 13.1 Å². The first-order valence-corrected chi connectivity index (χ1v) is 8.36. The molecule has 1 saturated heterocycles. The van der Waals surface area contributed by atoms with Crippen molar-refractivity contribution in [2.75, 3.05) is 32.7 Å². The molecule has 0 aromatic heterocycles. The summed E-state index contributed by atoms with van der Waals surface area (Å²) in [5.41, 5.74) is 0.195. The van der Waals surface area contributed by atoms with Gasteiger partial charge in [-0.25, -0.2) is 0 Å². The molecule has 0 atom stereocenters. The van der Waals surface area contributed by atoms with Gasteiger partial charge in [-0.1, -0.05) is 20.8 Å². The summed E-state index contributed by atoms with van der Waals surface area (Å²) in [4.78, 5) is 2.24. The number of likely N-dealkylation sites (tertiary alicyclic amines) is 1. The molecule has 0 saturated carbocycles. The molecule has 0 aromatic rings. The number of halogens is 3. The summed E-state index contributed by atoms with van der Waals surface area (Å²) in [6, 6.07) is 0. The minimum atomic E-state index is -4.01. The molecule has 0 aliphatic carbocycles. The molecule has 1 aliphatic rings. The average Bonchev–Trinajstić information content (AvgIpc) is 2.46. The molecule has 2 nitrogen and oxygen atoms in total. The van der Waals surface area contributed by atoms with Crippen molar-refractivity contribution in [3.8, 4) is 0 Å². The van der Waals surface area contributed by atoms with Gasteiger partial charge in [0.05, 0.1) is 5.92 Å². The van der Waals surface area contributed by atoms with Gasteiger partial charge in [0.2, 0.25) is 0 Å². The number of nitrogens with one attached hydrogen (secondary N) is 1. The highest BCUT2D eigenvalue weighted by atomic mass is 19.4. The van der Waals surface area contributed by atoms with Gasteiger partial charge in [0.15, 0.2) is 0 Å². The normalized spacial score (nSPS) is 19.1. The van der Waals surface area contributed by atoms with Crippen LogP contribution in [0.3, 0.4) is 0 Å². The van der Waals surface area contributed by atoms with Gasteiger partial charge in [0.25, 0.3) is 0 Å². The van der Waals surface area contributed by atoms with Crippen LogP contribution in [0.25, 0.3) is 0 Å². The fraction of sp³-hybridized carbons (Fsp3) is 1.00. The summed E-state index contributed by atoms with van der Waals surface area (Å²) in [5.74, 6) is -1.09. The highest BCUT2D eigenvalue weighted by Crippen LogP contribution is 2.35. The van der Waals surface area contributed by atoms with Gasteiger partial charge in [0.1, 0.15) is 0 Å². The molecule has 1 heterocycles. The smallest absolute Gasteiger partial charge is 0.316 e. The second kappa shape index (κ2) is 8.37. The fourth-order valence-electron chi connectivity index (χ4n) is 3.20. The average molecular weight is 308 g/mol. The number of hydrogen-bond acceptors (Lipinski definition) is 2. The van der Waals surface area contributed by atoms with Crippen LogP contribution in [0.5, 0.6) is 0 Å². The molecule has 0 amide bonds. The van der Waals surface area contributed by atoms with Crippen LogP contribution in [-0.2, 0) is 0 Å². The third-order valence-corrected chi connectivity index (χ3v) is 5.04. The second-order valence-corrected chi connectivity index (χ2v) is 6.48. The van der Waals surface area contributed by atoms with Crippen LogP contribution in [-0.4, -0.2) is 43.8 Å². The summed E-state index contributed by atoms with van der Waals surface area (Å²) in [6.07, 6.45) is -0.245. The van der Waals surface area contributed by atoms with E-state index in [1.807, 2.05) is 0 Å². The molecule has 0 aromatic carbocycles. The van der Waals surface area contributed by atoms with Gasteiger partial charge < -0.3 is 10.2 Å². The van der Waals surface area contributed by atoms with Gasteiger partial charge >= 0.3 is 6.18 Å². The molecule has 1 aliphatic heterocycles. The van der Waals surface area contributed by atoms with Gasteiger partial charge in [-0.05, 0) is 57.2 Å². The standard InChI is InChI=1S/C16H31F3N2/c1-4-9-20-12-15(5-2,6-3)13-21-10-7-14(8-11-21)16(17,18)19/h14,20H,4-13H2,1-3H3. The SMILES string of the molecule is CCCNCC(CC)(CC)CN1CCC(C(F)(F)F)CC1. The lowest BCUT2D eigenvalue weighted by Gasteiger charge is -2.41. The zero-order chi connectivity index (χ0) is 15.9. The minimum absolute atomic E-state index is 0.195. The third-order valence-electron chi connectivity index (χ3n) is 5.04. The Morgan fingerprint density at radius 3 is 2.05 bits per heavy atom. The maximum atomic E-state index is 12.7. The molecule has 5 heteroatoms. The monoisotopic (exact) mass is 308 g/mol. The van der Waals surface area contributed by atoms with E-state index >= 15 is 0 Å². The third kappa shape index (κ3) is 5.78. The number of hydrogen-bond donors (Lipinski definition) is 1. The number of piperidine rings is 1. The highest BCUT2D eigenvalue weighted by Gasteiger charge is 2.41. The second-order valence-electron chi connectivity index (χ2n) is 6.48.